The average molecular weight is 1010 g/mol. The van der Waals surface area contributed by atoms with E-state index in [2.05, 4.69) is 29.5 Å². The highest BCUT2D eigenvalue weighted by molar-refractivity contribution is 7.99. The van der Waals surface area contributed by atoms with E-state index in [9.17, 15) is 36.1 Å². The van der Waals surface area contributed by atoms with Crippen LogP contribution in [0.2, 0.25) is 0 Å². The molecule has 2 saturated heterocycles. The first kappa shape index (κ1) is 50.0. The summed E-state index contributed by atoms with van der Waals surface area (Å²) in [7, 11) is -6.32. The lowest BCUT2D eigenvalue weighted by atomic mass is 9.96. The van der Waals surface area contributed by atoms with Crippen molar-refractivity contribution < 1.29 is 35.7 Å². The summed E-state index contributed by atoms with van der Waals surface area (Å²) in [5.74, 6) is -0.539. The minimum Gasteiger partial charge on any atom is -0.379 e. The third kappa shape index (κ3) is 12.1. The van der Waals surface area contributed by atoms with Crippen LogP contribution in [-0.4, -0.2) is 114 Å². The lowest BCUT2D eigenvalue weighted by molar-refractivity contribution is -0.384. The number of carbonyl (C=O) groups is 1. The van der Waals surface area contributed by atoms with Crippen molar-refractivity contribution in [2.45, 2.75) is 29.2 Å². The molecule has 0 unspecified atom stereocenters. The molecule has 3 N–H and O–H groups in total. The number of sulfonamides is 2. The number of thioether (sulfide) groups is 1. The lowest BCUT2D eigenvalue weighted by Gasteiger charge is -2.37. The first-order valence-electron chi connectivity index (χ1n) is 22.8. The van der Waals surface area contributed by atoms with Gasteiger partial charge < -0.3 is 24.4 Å². The molecule has 2 aliphatic rings. The number of benzene rings is 5. The predicted octanol–water partition coefficient (Wildman–Crippen LogP) is 7.83. The molecule has 0 radical (unpaired) electrons. The van der Waals surface area contributed by atoms with Gasteiger partial charge in [0.05, 0.1) is 40.5 Å². The molecule has 5 aromatic carbocycles. The van der Waals surface area contributed by atoms with Crippen molar-refractivity contribution in [3.05, 3.63) is 149 Å². The highest BCUT2D eigenvalue weighted by Crippen LogP contribution is 2.40. The van der Waals surface area contributed by atoms with E-state index in [0.717, 1.165) is 54.6 Å². The van der Waals surface area contributed by atoms with Crippen LogP contribution in [0.25, 0.3) is 22.4 Å². The highest BCUT2D eigenvalue weighted by Gasteiger charge is 2.29. The van der Waals surface area contributed by atoms with Gasteiger partial charge in [0.15, 0.2) is 0 Å². The molecule has 368 valence electrons. The van der Waals surface area contributed by atoms with Crippen LogP contribution in [0.5, 0.6) is 0 Å². The molecule has 1 atom stereocenters. The maximum absolute atomic E-state index is 14.0. The van der Waals surface area contributed by atoms with Crippen LogP contribution >= 0.6 is 11.8 Å². The van der Waals surface area contributed by atoms with Crippen LogP contribution in [0.15, 0.2) is 131 Å². The van der Waals surface area contributed by atoms with Gasteiger partial charge in [-0.15, -0.1) is 11.8 Å². The second kappa shape index (κ2) is 21.7. The van der Waals surface area contributed by atoms with Crippen LogP contribution in [0.3, 0.4) is 0 Å². The SMILES string of the molecule is Cc1c(C(=O)NS(C)(=O)=O)c(-c2cccc(N3CCN(c4ccc(NS(=O)(=O)c5ccc(N[C@H](CCN6CCOCC6)CSc6ccccc6)c([N+](=O)[O-])c5)cc4)CC3)c2)c(-c2ccc(F)cc2)n1C. The number of hydrogen-bond acceptors (Lipinski definition) is 13. The number of nitro groups is 1. The average Bonchev–Trinajstić information content (AvgIpc) is 3.62. The van der Waals surface area contributed by atoms with E-state index in [-0.39, 0.29) is 27.9 Å². The normalized spacial score (nSPS) is 15.1. The molecule has 6 aromatic rings. The van der Waals surface area contributed by atoms with Gasteiger partial charge in [0.1, 0.15) is 11.5 Å². The number of piperazine rings is 1. The largest absolute Gasteiger partial charge is 0.379 e. The zero-order valence-electron chi connectivity index (χ0n) is 39.0. The number of nitrogens with zero attached hydrogens (tertiary/aromatic N) is 5. The summed E-state index contributed by atoms with van der Waals surface area (Å²) in [6, 6.07) is 34.3. The molecule has 1 aromatic heterocycles. The number of anilines is 4. The Morgan fingerprint density at radius 1 is 0.814 bits per heavy atom. The van der Waals surface area contributed by atoms with Crippen molar-refractivity contribution in [1.82, 2.24) is 14.2 Å². The smallest absolute Gasteiger partial charge is 0.293 e. The Balaban J connectivity index is 0.934. The predicted molar refractivity (Wildman–Crippen MR) is 275 cm³/mol. The topological polar surface area (TPSA) is 188 Å². The Morgan fingerprint density at radius 3 is 2.14 bits per heavy atom. The van der Waals surface area contributed by atoms with E-state index in [4.69, 9.17) is 4.74 Å². The second-order valence-electron chi connectivity index (χ2n) is 17.3. The maximum atomic E-state index is 14.0. The molecule has 20 heteroatoms. The standard InChI is InChI=1S/C50H55FN8O8S3/c1-35-47(50(60)54-69(3,63)64)48(49(55(35)2)36-12-14-38(51)15-13-36)37-8-7-9-42(32-37)58-26-24-57(25-27-58)41-18-16-39(17-19-41)53-70(65,66)44-20-21-45(46(33-44)59(61)62)52-40(22-23-56-28-30-67-31-29-56)34-68-43-10-5-4-6-11-43/h4-21,32-33,40,52-53H,22-31,34H2,1-3H3,(H,54,60)/t40-/m1/s1. The number of amides is 1. The van der Waals surface area contributed by atoms with Gasteiger partial charge in [0.2, 0.25) is 10.0 Å². The van der Waals surface area contributed by atoms with Gasteiger partial charge in [-0.1, -0.05) is 30.3 Å². The maximum Gasteiger partial charge on any atom is 0.293 e. The van der Waals surface area contributed by atoms with Gasteiger partial charge >= 0.3 is 0 Å². The molecule has 2 fully saturated rings. The first-order chi connectivity index (χ1) is 33.5. The third-order valence-electron chi connectivity index (χ3n) is 12.5. The van der Waals surface area contributed by atoms with Gasteiger partial charge in [0, 0.05) is 104 Å². The fraction of sp³-hybridized carbons (Fsp3) is 0.300. The molecular formula is C50H55FN8O8S3. The number of rotatable bonds is 18. The van der Waals surface area contributed by atoms with Gasteiger partial charge in [-0.05, 0) is 109 Å². The second-order valence-corrected chi connectivity index (χ2v) is 21.8. The minimum atomic E-state index is -4.21. The molecule has 0 saturated carbocycles. The summed E-state index contributed by atoms with van der Waals surface area (Å²) in [4.78, 5) is 33.0. The van der Waals surface area contributed by atoms with Gasteiger partial charge in [-0.3, -0.25) is 24.5 Å². The molecule has 0 bridgehead atoms. The van der Waals surface area contributed by atoms with E-state index >= 15 is 0 Å². The number of nitrogens with one attached hydrogen (secondary N) is 3. The van der Waals surface area contributed by atoms with Gasteiger partial charge in [-0.25, -0.2) is 25.9 Å². The Morgan fingerprint density at radius 2 is 1.49 bits per heavy atom. The number of halogens is 1. The van der Waals surface area contributed by atoms with Crippen molar-refractivity contribution in [2.24, 2.45) is 7.05 Å². The zero-order valence-corrected chi connectivity index (χ0v) is 41.5. The summed E-state index contributed by atoms with van der Waals surface area (Å²) in [5, 5.41) is 15.8. The third-order valence-corrected chi connectivity index (χ3v) is 15.6. The molecule has 2 aliphatic heterocycles. The van der Waals surface area contributed by atoms with Crippen LogP contribution in [0.1, 0.15) is 22.5 Å². The van der Waals surface area contributed by atoms with E-state index in [1.807, 2.05) is 66.7 Å². The number of carbonyl (C=O) groups excluding carboxylic acids is 1. The first-order valence-corrected chi connectivity index (χ1v) is 27.1. The van der Waals surface area contributed by atoms with Crippen LogP contribution in [0.4, 0.5) is 32.8 Å². The Bertz CT molecular complexity index is 3050. The summed E-state index contributed by atoms with van der Waals surface area (Å²) in [6.45, 7) is 8.00. The Labute approximate surface area is 412 Å². The number of hydrogen-bond donors (Lipinski definition) is 3. The minimum absolute atomic E-state index is 0.145. The molecule has 16 nitrogen and oxygen atoms in total. The van der Waals surface area contributed by atoms with Gasteiger partial charge in [-0.2, -0.15) is 0 Å². The number of ether oxygens (including phenoxy) is 1. The molecule has 3 heterocycles. The van der Waals surface area contributed by atoms with Crippen molar-refractivity contribution in [1.29, 1.82) is 0 Å². The monoisotopic (exact) mass is 1010 g/mol. The van der Waals surface area contributed by atoms with E-state index in [1.54, 1.807) is 54.6 Å². The molecule has 0 aliphatic carbocycles. The number of aromatic nitrogens is 1. The number of nitro benzene ring substituents is 1. The van der Waals surface area contributed by atoms with Crippen LogP contribution in [0, 0.1) is 22.9 Å². The van der Waals surface area contributed by atoms with E-state index < -0.39 is 36.7 Å². The summed E-state index contributed by atoms with van der Waals surface area (Å²) in [6.07, 6.45) is 1.64. The fourth-order valence-electron chi connectivity index (χ4n) is 8.81. The van der Waals surface area contributed by atoms with Crippen molar-refractivity contribution in [2.75, 3.05) is 90.9 Å². The quantitative estimate of drug-likeness (QED) is 0.0430. The molecule has 0 spiro atoms. The Hall–Kier alpha value is -6.45. The molecule has 1 amide bonds. The van der Waals surface area contributed by atoms with Gasteiger partial charge in [0.25, 0.3) is 21.6 Å². The van der Waals surface area contributed by atoms with Crippen molar-refractivity contribution >= 4 is 66.2 Å². The summed E-state index contributed by atoms with van der Waals surface area (Å²) in [5.41, 5.74) is 5.18. The Kier molecular flexibility index (Phi) is 15.5. The molecule has 70 heavy (non-hydrogen) atoms. The lowest BCUT2D eigenvalue weighted by Crippen LogP contribution is -2.46. The summed E-state index contributed by atoms with van der Waals surface area (Å²) >= 11 is 1.65. The molecular weight excluding hydrogens is 956 g/mol. The van der Waals surface area contributed by atoms with Crippen LogP contribution in [-0.2, 0) is 31.8 Å². The fourth-order valence-corrected chi connectivity index (χ4v) is 11.3. The zero-order chi connectivity index (χ0) is 49.6. The van der Waals surface area contributed by atoms with Crippen molar-refractivity contribution in [3.8, 4) is 22.4 Å². The number of morpholine rings is 1. The van der Waals surface area contributed by atoms with E-state index in [1.165, 1.54) is 24.3 Å². The summed E-state index contributed by atoms with van der Waals surface area (Å²) < 4.78 is 77.8. The van der Waals surface area contributed by atoms with Crippen molar-refractivity contribution in [3.63, 3.8) is 0 Å². The molecule has 8 rings (SSSR count). The highest BCUT2D eigenvalue weighted by atomic mass is 32.2. The van der Waals surface area contributed by atoms with Crippen LogP contribution < -0.4 is 24.6 Å². The van der Waals surface area contributed by atoms with E-state index in [0.29, 0.717) is 78.9 Å².